The second-order valence-electron chi connectivity index (χ2n) is 32.6. The molecular formula is C82H107N3O17. The van der Waals surface area contributed by atoms with Crippen molar-refractivity contribution in [1.82, 2.24) is 16.0 Å². The van der Waals surface area contributed by atoms with Crippen LogP contribution < -0.4 is 16.0 Å². The molecule has 6 saturated carbocycles. The molecule has 3 aromatic carbocycles. The van der Waals surface area contributed by atoms with Gasteiger partial charge in [0, 0.05) is 63.1 Å². The Morgan fingerprint density at radius 1 is 0.706 bits per heavy atom. The summed E-state index contributed by atoms with van der Waals surface area (Å²) in [7, 11) is 0. The third-order valence-electron chi connectivity index (χ3n) is 26.1. The van der Waals surface area contributed by atoms with Gasteiger partial charge < -0.3 is 54.6 Å². The lowest BCUT2D eigenvalue weighted by Gasteiger charge is -2.68. The van der Waals surface area contributed by atoms with Crippen LogP contribution in [0.25, 0.3) is 0 Å². The first kappa shape index (κ1) is 75.4. The number of fused-ring (bicyclic) bond motifs is 10. The number of ketones is 1. The quantitative estimate of drug-likeness (QED) is 0.0255. The van der Waals surface area contributed by atoms with Crippen LogP contribution in [0.4, 0.5) is 4.79 Å². The van der Waals surface area contributed by atoms with Gasteiger partial charge in [-0.2, -0.15) is 0 Å². The van der Waals surface area contributed by atoms with E-state index in [0.717, 1.165) is 49.9 Å². The zero-order valence-electron chi connectivity index (χ0n) is 61.4. The van der Waals surface area contributed by atoms with Crippen LogP contribution >= 0.6 is 0 Å². The predicted molar refractivity (Wildman–Crippen MR) is 378 cm³/mol. The van der Waals surface area contributed by atoms with E-state index in [2.05, 4.69) is 56.6 Å². The normalized spacial score (nSPS) is 33.5. The summed E-state index contributed by atoms with van der Waals surface area (Å²) in [6.07, 6.45) is 4.23. The number of carbonyl (C=O) groups is 9. The number of aliphatic hydroxyl groups is 2. The van der Waals surface area contributed by atoms with Crippen molar-refractivity contribution in [3.05, 3.63) is 130 Å². The van der Waals surface area contributed by atoms with Gasteiger partial charge in [-0.3, -0.25) is 28.8 Å². The molecule has 1 unspecified atom stereocenters. The Kier molecular flexibility index (Phi) is 22.3. The SMILES string of the molecule is CC(=O)O[C@H]1C(=O)[C@@]2(C)[C@H]([C@H](OC(=O)c3ccccc3)[C@]3(O)C[C@H](OC(=O)[C@H](OC(=O)CCC(=O)NCCNC(=O)OC4CC[C@@]5(C)C(=CC[C@H]6[C@@H]7CC[C@H]([C@H](C)CCCC(C)C)[C@@]7(C)CC[C@@H]65)C4)[C@@H](NC(=O)c4ccccc4)c4ccccc4)C(C)=C1C3(C)C)[C@]1(OC(C)=O)CC[C@@H]1C[C@@H]2O. The van der Waals surface area contributed by atoms with Crippen molar-refractivity contribution in [1.29, 1.82) is 0 Å². The maximum absolute atomic E-state index is 16.0. The molecule has 6 fully saturated rings. The highest BCUT2D eigenvalue weighted by Crippen LogP contribution is 2.70. The molecule has 0 spiro atoms. The molecule has 3 aromatic rings. The average Bonchev–Trinajstić information content (AvgIpc) is 0.747. The van der Waals surface area contributed by atoms with Crippen LogP contribution in [0.3, 0.4) is 0 Å². The first-order valence-electron chi connectivity index (χ1n) is 37.4. The Bertz CT molecular complexity index is 3710. The number of carbonyl (C=O) groups excluding carboxylic acids is 9. The monoisotopic (exact) mass is 1410 g/mol. The number of ether oxygens (including phenoxy) is 6. The van der Waals surface area contributed by atoms with E-state index in [1.165, 1.54) is 83.4 Å². The number of Topliss-reactive ketones (excluding diaryl/α,β-unsaturated/α-hetero) is 1. The molecular weight excluding hydrogens is 1300 g/mol. The lowest BCUT2D eigenvalue weighted by Crippen LogP contribution is -2.78. The van der Waals surface area contributed by atoms with Crippen LogP contribution in [-0.4, -0.2) is 125 Å². The zero-order chi connectivity index (χ0) is 73.4. The predicted octanol–water partition coefficient (Wildman–Crippen LogP) is 12.3. The summed E-state index contributed by atoms with van der Waals surface area (Å²) in [6.45, 7) is 20.6. The highest BCUT2D eigenvalue weighted by molar-refractivity contribution is 5.96. The molecule has 8 aliphatic rings. The Hall–Kier alpha value is -7.71. The Labute approximate surface area is 600 Å². The van der Waals surface area contributed by atoms with Gasteiger partial charge >= 0.3 is 35.9 Å². The summed E-state index contributed by atoms with van der Waals surface area (Å²) < 4.78 is 37.6. The first-order valence-corrected chi connectivity index (χ1v) is 37.4. The number of nitrogens with one attached hydrogen (secondary N) is 3. The smallest absolute Gasteiger partial charge is 0.407 e. The van der Waals surface area contributed by atoms with Crippen molar-refractivity contribution < 1.29 is 81.8 Å². The number of alkyl carbamates (subject to hydrolysis) is 1. The van der Waals surface area contributed by atoms with Crippen LogP contribution in [0.2, 0.25) is 0 Å². The van der Waals surface area contributed by atoms with E-state index in [9.17, 15) is 43.8 Å². The Morgan fingerprint density at radius 3 is 2.02 bits per heavy atom. The third-order valence-corrected chi connectivity index (χ3v) is 26.1. The first-order chi connectivity index (χ1) is 48.4. The standard InChI is InChI=1S/C82H107N3O17/c1-47(2)22-21-23-48(3)59-32-33-60-58-31-30-55-44-57(37-39-78(55,9)61(58)38-40-79(59,60)10)98-76(95)84-43-42-83-64(89)34-35-65(90)100-69(67(52-24-15-12-16-25-52)85-73(92)53-26-17-13-18-27-53)75(94)99-62-46-82(96)72(101-74(93)54-28-19-14-20-29-54)70-80(11,63(88)45-56-36-41-81(56,70)102-51(6)87)71(91)68(97-50(5)86)66(49(62)4)77(82,7)8/h12-20,24-30,47-48,56-63,67-70,72,88,96H,21-23,31-46H2,1-11H3,(H,83,89)(H,84,95)(H,85,92)/t48-,56-,57?,58+,59-,60+,61+,62+,63+,67+,68-,69-,70+,72+,78+,79-,80-,81+,82-/m1/s1. The van der Waals surface area contributed by atoms with E-state index in [1.54, 1.807) is 92.7 Å². The summed E-state index contributed by atoms with van der Waals surface area (Å²) in [6, 6.07) is 22.7. The lowest BCUT2D eigenvalue weighted by molar-refractivity contribution is -0.296. The van der Waals surface area contributed by atoms with Crippen molar-refractivity contribution in [2.75, 3.05) is 13.1 Å². The van der Waals surface area contributed by atoms with Crippen LogP contribution in [0.5, 0.6) is 0 Å². The molecule has 0 saturated heterocycles. The molecule has 8 aliphatic carbocycles. The van der Waals surface area contributed by atoms with E-state index in [-0.39, 0.29) is 65.3 Å². The van der Waals surface area contributed by atoms with Crippen LogP contribution in [0.15, 0.2) is 114 Å². The molecule has 552 valence electrons. The van der Waals surface area contributed by atoms with E-state index in [1.807, 2.05) is 0 Å². The molecule has 0 aliphatic heterocycles. The number of benzene rings is 3. The Balaban J connectivity index is 0.795. The summed E-state index contributed by atoms with van der Waals surface area (Å²) in [5, 5.41) is 35.0. The highest BCUT2D eigenvalue weighted by Gasteiger charge is 2.77. The largest absolute Gasteiger partial charge is 0.458 e. The molecule has 19 atom stereocenters. The maximum Gasteiger partial charge on any atom is 0.407 e. The number of rotatable bonds is 23. The topological polar surface area (TPSA) is 286 Å². The Morgan fingerprint density at radius 2 is 1.37 bits per heavy atom. The zero-order valence-corrected chi connectivity index (χ0v) is 61.4. The number of allylic oxidation sites excluding steroid dienone is 1. The lowest BCUT2D eigenvalue weighted by atomic mass is 9.41. The summed E-state index contributed by atoms with van der Waals surface area (Å²) in [4.78, 5) is 129. The van der Waals surface area contributed by atoms with Gasteiger partial charge in [0.05, 0.1) is 29.4 Å². The number of esters is 5. The van der Waals surface area contributed by atoms with Gasteiger partial charge in [0.15, 0.2) is 11.9 Å². The number of aliphatic hydroxyl groups excluding tert-OH is 1. The van der Waals surface area contributed by atoms with E-state index in [4.69, 9.17) is 28.4 Å². The minimum atomic E-state index is -2.47. The molecule has 102 heavy (non-hydrogen) atoms. The minimum Gasteiger partial charge on any atom is -0.458 e. The molecule has 11 rings (SSSR count). The fourth-order valence-electron chi connectivity index (χ4n) is 20.6. The van der Waals surface area contributed by atoms with Crippen LogP contribution in [0.1, 0.15) is 218 Å². The number of hydrogen-bond acceptors (Lipinski definition) is 17. The molecule has 0 radical (unpaired) electrons. The molecule has 5 N–H and O–H groups in total. The van der Waals surface area contributed by atoms with E-state index < -0.39 is 143 Å². The second kappa shape index (κ2) is 30.2. The van der Waals surface area contributed by atoms with Crippen molar-refractivity contribution in [2.45, 2.75) is 239 Å². The maximum atomic E-state index is 16.0. The van der Waals surface area contributed by atoms with Crippen LogP contribution in [0, 0.1) is 69.0 Å². The molecule has 20 nitrogen and oxygen atoms in total. The van der Waals surface area contributed by atoms with Crippen molar-refractivity contribution in [3.8, 4) is 0 Å². The van der Waals surface area contributed by atoms with E-state index >= 15 is 9.59 Å². The second-order valence-corrected chi connectivity index (χ2v) is 32.6. The van der Waals surface area contributed by atoms with Gasteiger partial charge in [0.1, 0.15) is 35.6 Å². The molecule has 2 bridgehead atoms. The summed E-state index contributed by atoms with van der Waals surface area (Å²) >= 11 is 0. The van der Waals surface area contributed by atoms with Gasteiger partial charge in [0.2, 0.25) is 12.0 Å². The molecule has 3 amide bonds. The molecule has 0 aromatic heterocycles. The van der Waals surface area contributed by atoms with Crippen molar-refractivity contribution in [2.24, 2.45) is 69.0 Å². The number of amides is 3. The number of hydrogen-bond donors (Lipinski definition) is 5. The van der Waals surface area contributed by atoms with Crippen molar-refractivity contribution >= 4 is 53.5 Å². The van der Waals surface area contributed by atoms with Gasteiger partial charge in [-0.15, -0.1) is 0 Å². The summed E-state index contributed by atoms with van der Waals surface area (Å²) in [5.74, 6) is -4.83. The fraction of sp³-hybridized carbons (Fsp3) is 0.622. The van der Waals surface area contributed by atoms with Crippen molar-refractivity contribution in [3.63, 3.8) is 0 Å². The summed E-state index contributed by atoms with van der Waals surface area (Å²) in [5.41, 5.74) is -5.44. The fourth-order valence-corrected chi connectivity index (χ4v) is 20.6. The molecule has 0 heterocycles. The van der Waals surface area contributed by atoms with Gasteiger partial charge in [0.25, 0.3) is 5.91 Å². The van der Waals surface area contributed by atoms with Gasteiger partial charge in [-0.25, -0.2) is 14.4 Å². The highest BCUT2D eigenvalue weighted by atomic mass is 16.6. The third kappa shape index (κ3) is 14.4. The van der Waals surface area contributed by atoms with E-state index in [0.29, 0.717) is 30.1 Å². The molecule has 20 heteroatoms. The van der Waals surface area contributed by atoms with Crippen LogP contribution in [-0.2, 0) is 57.2 Å². The average molecular weight is 1410 g/mol. The minimum absolute atomic E-state index is 0.00430. The van der Waals surface area contributed by atoms with Gasteiger partial charge in [-0.1, -0.05) is 146 Å². The van der Waals surface area contributed by atoms with Gasteiger partial charge in [-0.05, 0) is 165 Å².